The van der Waals surface area contributed by atoms with Crippen molar-refractivity contribution < 1.29 is 19.2 Å². The SMILES string of the molecule is CC(C(=O)O)C(C)c1nc(CC2CCOC2)no1. The van der Waals surface area contributed by atoms with Crippen molar-refractivity contribution in [3.8, 4) is 0 Å². The summed E-state index contributed by atoms with van der Waals surface area (Å²) in [7, 11) is 0. The van der Waals surface area contributed by atoms with E-state index in [1.807, 2.05) is 0 Å². The van der Waals surface area contributed by atoms with E-state index in [0.29, 0.717) is 17.6 Å². The van der Waals surface area contributed by atoms with E-state index in [1.165, 1.54) is 0 Å². The summed E-state index contributed by atoms with van der Waals surface area (Å²) in [5.74, 6) is -0.172. The summed E-state index contributed by atoms with van der Waals surface area (Å²) in [4.78, 5) is 15.2. The standard InChI is InChI=1S/C12H18N2O4/c1-7(8(2)12(15)16)11-13-10(14-18-11)5-9-3-4-17-6-9/h7-9H,3-6H2,1-2H3,(H,15,16). The molecule has 3 unspecified atom stereocenters. The number of nitrogens with zero attached hydrogens (tertiary/aromatic N) is 2. The maximum atomic E-state index is 10.9. The predicted octanol–water partition coefficient (Wildman–Crippen LogP) is 1.47. The van der Waals surface area contributed by atoms with Crippen molar-refractivity contribution in [1.29, 1.82) is 0 Å². The van der Waals surface area contributed by atoms with E-state index in [0.717, 1.165) is 26.1 Å². The maximum Gasteiger partial charge on any atom is 0.307 e. The molecule has 2 heterocycles. The van der Waals surface area contributed by atoms with Crippen LogP contribution in [0.1, 0.15) is 37.9 Å². The van der Waals surface area contributed by atoms with Crippen LogP contribution in [0.3, 0.4) is 0 Å². The van der Waals surface area contributed by atoms with Crippen molar-refractivity contribution in [3.63, 3.8) is 0 Å². The monoisotopic (exact) mass is 254 g/mol. The van der Waals surface area contributed by atoms with Gasteiger partial charge in [0.05, 0.1) is 5.92 Å². The van der Waals surface area contributed by atoms with Crippen LogP contribution in [-0.2, 0) is 16.0 Å². The third-order valence-corrected chi connectivity index (χ3v) is 3.51. The van der Waals surface area contributed by atoms with Crippen molar-refractivity contribution in [1.82, 2.24) is 10.1 Å². The van der Waals surface area contributed by atoms with Crippen LogP contribution in [0, 0.1) is 11.8 Å². The molecule has 0 spiro atoms. The number of hydrogen-bond donors (Lipinski definition) is 1. The van der Waals surface area contributed by atoms with Crippen LogP contribution in [0.5, 0.6) is 0 Å². The molecule has 100 valence electrons. The van der Waals surface area contributed by atoms with E-state index in [1.54, 1.807) is 13.8 Å². The van der Waals surface area contributed by atoms with Crippen LogP contribution in [0.25, 0.3) is 0 Å². The Balaban J connectivity index is 1.98. The van der Waals surface area contributed by atoms with Crippen LogP contribution in [0.4, 0.5) is 0 Å². The molecular formula is C12H18N2O4. The summed E-state index contributed by atoms with van der Waals surface area (Å²) in [6.45, 7) is 4.96. The minimum Gasteiger partial charge on any atom is -0.481 e. The van der Waals surface area contributed by atoms with Gasteiger partial charge in [0.25, 0.3) is 0 Å². The van der Waals surface area contributed by atoms with Gasteiger partial charge in [0.2, 0.25) is 5.89 Å². The molecule has 0 aromatic carbocycles. The van der Waals surface area contributed by atoms with Crippen molar-refractivity contribution in [3.05, 3.63) is 11.7 Å². The molecule has 1 aromatic heterocycles. The zero-order chi connectivity index (χ0) is 13.1. The highest BCUT2D eigenvalue weighted by Crippen LogP contribution is 2.24. The zero-order valence-electron chi connectivity index (χ0n) is 10.6. The van der Waals surface area contributed by atoms with Crippen LogP contribution in [-0.4, -0.2) is 34.4 Å². The summed E-state index contributed by atoms with van der Waals surface area (Å²) in [5.41, 5.74) is 0. The first-order chi connectivity index (χ1) is 8.58. The number of carbonyl (C=O) groups is 1. The molecule has 3 atom stereocenters. The largest absolute Gasteiger partial charge is 0.481 e. The minimum absolute atomic E-state index is 0.274. The number of aliphatic carboxylic acids is 1. The Morgan fingerprint density at radius 2 is 2.33 bits per heavy atom. The normalized spacial score (nSPS) is 22.9. The Morgan fingerprint density at radius 3 is 2.94 bits per heavy atom. The number of carboxylic acid groups (broad SMARTS) is 1. The third-order valence-electron chi connectivity index (χ3n) is 3.51. The van der Waals surface area contributed by atoms with Crippen LogP contribution >= 0.6 is 0 Å². The maximum absolute atomic E-state index is 10.9. The van der Waals surface area contributed by atoms with Crippen LogP contribution in [0.2, 0.25) is 0 Å². The molecule has 1 fully saturated rings. The van der Waals surface area contributed by atoms with Gasteiger partial charge in [0, 0.05) is 25.6 Å². The van der Waals surface area contributed by atoms with Gasteiger partial charge in [0.1, 0.15) is 0 Å². The fourth-order valence-corrected chi connectivity index (χ4v) is 1.97. The molecule has 0 amide bonds. The average Bonchev–Trinajstić information content (AvgIpc) is 2.99. The molecule has 0 aliphatic carbocycles. The molecule has 2 rings (SSSR count). The van der Waals surface area contributed by atoms with E-state index < -0.39 is 11.9 Å². The van der Waals surface area contributed by atoms with Gasteiger partial charge >= 0.3 is 5.97 Å². The smallest absolute Gasteiger partial charge is 0.307 e. The topological polar surface area (TPSA) is 85.5 Å². The summed E-state index contributed by atoms with van der Waals surface area (Å²) in [5, 5.41) is 12.9. The Morgan fingerprint density at radius 1 is 1.56 bits per heavy atom. The molecule has 1 aromatic rings. The van der Waals surface area contributed by atoms with Crippen molar-refractivity contribution in [2.75, 3.05) is 13.2 Å². The van der Waals surface area contributed by atoms with Crippen LogP contribution in [0.15, 0.2) is 4.52 Å². The Kier molecular flexibility index (Phi) is 3.96. The van der Waals surface area contributed by atoms with Gasteiger partial charge in [-0.25, -0.2) is 0 Å². The lowest BCUT2D eigenvalue weighted by molar-refractivity contribution is -0.141. The van der Waals surface area contributed by atoms with E-state index in [2.05, 4.69) is 10.1 Å². The van der Waals surface area contributed by atoms with E-state index in [9.17, 15) is 4.79 Å². The molecule has 0 saturated carbocycles. The lowest BCUT2D eigenvalue weighted by atomic mass is 9.96. The molecule has 1 aliphatic rings. The number of ether oxygens (including phenoxy) is 1. The van der Waals surface area contributed by atoms with Gasteiger partial charge in [-0.1, -0.05) is 19.0 Å². The minimum atomic E-state index is -0.855. The molecule has 1 saturated heterocycles. The fraction of sp³-hybridized carbons (Fsp3) is 0.750. The highest BCUT2D eigenvalue weighted by molar-refractivity contribution is 5.70. The summed E-state index contributed by atoms with van der Waals surface area (Å²) >= 11 is 0. The second kappa shape index (κ2) is 5.48. The van der Waals surface area contributed by atoms with E-state index >= 15 is 0 Å². The first kappa shape index (κ1) is 13.0. The highest BCUT2D eigenvalue weighted by Gasteiger charge is 2.26. The molecular weight excluding hydrogens is 236 g/mol. The molecule has 0 radical (unpaired) electrons. The highest BCUT2D eigenvalue weighted by atomic mass is 16.5. The number of aromatic nitrogens is 2. The molecule has 6 heteroatoms. The van der Waals surface area contributed by atoms with Gasteiger partial charge in [-0.3, -0.25) is 4.79 Å². The van der Waals surface area contributed by atoms with E-state index in [4.69, 9.17) is 14.4 Å². The molecule has 0 bridgehead atoms. The zero-order valence-corrected chi connectivity index (χ0v) is 10.6. The second-order valence-electron chi connectivity index (χ2n) is 4.90. The molecule has 6 nitrogen and oxygen atoms in total. The van der Waals surface area contributed by atoms with Crippen LogP contribution < -0.4 is 0 Å². The summed E-state index contributed by atoms with van der Waals surface area (Å²) < 4.78 is 10.4. The molecule has 18 heavy (non-hydrogen) atoms. The van der Waals surface area contributed by atoms with Crippen molar-refractivity contribution in [2.45, 2.75) is 32.6 Å². The van der Waals surface area contributed by atoms with Gasteiger partial charge in [-0.15, -0.1) is 0 Å². The molecule has 1 N–H and O–H groups in total. The quantitative estimate of drug-likeness (QED) is 0.856. The Labute approximate surface area is 105 Å². The lowest BCUT2D eigenvalue weighted by Gasteiger charge is -2.10. The van der Waals surface area contributed by atoms with Gasteiger partial charge in [-0.05, 0) is 12.3 Å². The lowest BCUT2D eigenvalue weighted by Crippen LogP contribution is -2.17. The average molecular weight is 254 g/mol. The predicted molar refractivity (Wildman–Crippen MR) is 62.1 cm³/mol. The van der Waals surface area contributed by atoms with Crippen molar-refractivity contribution in [2.24, 2.45) is 11.8 Å². The molecule has 1 aliphatic heterocycles. The summed E-state index contributed by atoms with van der Waals surface area (Å²) in [6, 6.07) is 0. The third kappa shape index (κ3) is 2.87. The summed E-state index contributed by atoms with van der Waals surface area (Å²) in [6.07, 6.45) is 1.75. The van der Waals surface area contributed by atoms with Gasteiger partial charge < -0.3 is 14.4 Å². The Hall–Kier alpha value is -1.43. The van der Waals surface area contributed by atoms with E-state index in [-0.39, 0.29) is 5.92 Å². The number of hydrogen-bond acceptors (Lipinski definition) is 5. The first-order valence-corrected chi connectivity index (χ1v) is 6.21. The van der Waals surface area contributed by atoms with Crippen molar-refractivity contribution >= 4 is 5.97 Å². The Bertz CT molecular complexity index is 412. The first-order valence-electron chi connectivity index (χ1n) is 6.21. The number of carboxylic acids is 1. The van der Waals surface area contributed by atoms with Gasteiger partial charge in [-0.2, -0.15) is 4.98 Å². The second-order valence-corrected chi connectivity index (χ2v) is 4.90. The van der Waals surface area contributed by atoms with Gasteiger partial charge in [0.15, 0.2) is 5.82 Å². The fourth-order valence-electron chi connectivity index (χ4n) is 1.97. The number of rotatable bonds is 5.